The van der Waals surface area contributed by atoms with Gasteiger partial charge < -0.3 is 9.67 Å². The zero-order chi connectivity index (χ0) is 17.4. The molecule has 24 heavy (non-hydrogen) atoms. The first-order chi connectivity index (χ1) is 11.5. The van der Waals surface area contributed by atoms with Crippen LogP contribution in [-0.2, 0) is 14.1 Å². The number of hydrogen-bond donors (Lipinski definition) is 1. The van der Waals surface area contributed by atoms with E-state index in [-0.39, 0.29) is 23.9 Å². The maximum atomic E-state index is 12.8. The molecule has 0 unspecified atom stereocenters. The Morgan fingerprint density at radius 2 is 1.75 bits per heavy atom. The van der Waals surface area contributed by atoms with Crippen molar-refractivity contribution < 1.29 is 5.11 Å². The van der Waals surface area contributed by atoms with Crippen LogP contribution in [0.2, 0.25) is 0 Å². The van der Waals surface area contributed by atoms with E-state index in [2.05, 4.69) is 0 Å². The van der Waals surface area contributed by atoms with Gasteiger partial charge in [0.15, 0.2) is 0 Å². The molecule has 6 heteroatoms. The normalized spacial score (nSPS) is 12.7. The average molecular weight is 327 g/mol. The molecule has 3 aromatic rings. The monoisotopic (exact) mass is 327 g/mol. The van der Waals surface area contributed by atoms with Crippen molar-refractivity contribution in [2.75, 3.05) is 6.61 Å². The second-order valence-electron chi connectivity index (χ2n) is 5.96. The van der Waals surface area contributed by atoms with Gasteiger partial charge in [-0.3, -0.25) is 13.9 Å². The van der Waals surface area contributed by atoms with E-state index in [0.717, 1.165) is 15.8 Å². The SMILES string of the molecule is CC[C@@H](CO)n1cc2c(c1-c1ccccc1)c(=O)n(C)c(=O)n2C. The predicted molar refractivity (Wildman–Crippen MR) is 94.3 cm³/mol. The average Bonchev–Trinajstić information content (AvgIpc) is 3.00. The quantitative estimate of drug-likeness (QED) is 0.792. The van der Waals surface area contributed by atoms with Gasteiger partial charge in [0, 0.05) is 20.3 Å². The first-order valence-electron chi connectivity index (χ1n) is 7.98. The summed E-state index contributed by atoms with van der Waals surface area (Å²) >= 11 is 0. The number of hydrogen-bond acceptors (Lipinski definition) is 3. The van der Waals surface area contributed by atoms with Gasteiger partial charge in [0.2, 0.25) is 0 Å². The lowest BCUT2D eigenvalue weighted by Gasteiger charge is -2.18. The summed E-state index contributed by atoms with van der Waals surface area (Å²) in [5, 5.41) is 10.2. The van der Waals surface area contributed by atoms with Crippen molar-refractivity contribution in [3.63, 3.8) is 0 Å². The fraction of sp³-hybridized carbons (Fsp3) is 0.333. The van der Waals surface area contributed by atoms with Gasteiger partial charge in [0.25, 0.3) is 5.56 Å². The molecule has 0 spiro atoms. The Bertz CT molecular complexity index is 992. The maximum Gasteiger partial charge on any atom is 0.330 e. The van der Waals surface area contributed by atoms with Crippen LogP contribution in [0.4, 0.5) is 0 Å². The molecule has 0 aliphatic carbocycles. The van der Waals surface area contributed by atoms with Crippen LogP contribution < -0.4 is 11.2 Å². The van der Waals surface area contributed by atoms with Crippen molar-refractivity contribution in [2.24, 2.45) is 14.1 Å². The Balaban J connectivity index is 2.52. The standard InChI is InChI=1S/C18H21N3O3/c1-4-13(11-22)21-10-14-15(16(21)12-8-6-5-7-9-12)17(23)20(3)18(24)19(14)2/h5-10,13,22H,4,11H2,1-3H3/t13-/m0/s1. The Kier molecular flexibility index (Phi) is 4.15. The molecule has 3 rings (SSSR count). The van der Waals surface area contributed by atoms with Gasteiger partial charge in [-0.2, -0.15) is 0 Å². The summed E-state index contributed by atoms with van der Waals surface area (Å²) in [4.78, 5) is 25.0. The first kappa shape index (κ1) is 16.3. The third-order valence-electron chi connectivity index (χ3n) is 4.59. The molecule has 2 aromatic heterocycles. The van der Waals surface area contributed by atoms with Crippen molar-refractivity contribution >= 4 is 10.9 Å². The van der Waals surface area contributed by atoms with Crippen LogP contribution in [0.5, 0.6) is 0 Å². The van der Waals surface area contributed by atoms with Gasteiger partial charge in [-0.05, 0) is 12.0 Å². The molecule has 1 aromatic carbocycles. The van der Waals surface area contributed by atoms with Gasteiger partial charge in [0.05, 0.1) is 29.2 Å². The fourth-order valence-corrected chi connectivity index (χ4v) is 3.15. The lowest BCUT2D eigenvalue weighted by molar-refractivity contribution is 0.226. The minimum Gasteiger partial charge on any atom is -0.394 e. The van der Waals surface area contributed by atoms with E-state index in [9.17, 15) is 14.7 Å². The zero-order valence-electron chi connectivity index (χ0n) is 14.1. The summed E-state index contributed by atoms with van der Waals surface area (Å²) in [5.41, 5.74) is 1.52. The van der Waals surface area contributed by atoms with E-state index in [1.165, 1.54) is 11.6 Å². The van der Waals surface area contributed by atoms with Crippen molar-refractivity contribution in [1.82, 2.24) is 13.7 Å². The maximum absolute atomic E-state index is 12.8. The van der Waals surface area contributed by atoms with Crippen LogP contribution in [0.15, 0.2) is 46.1 Å². The summed E-state index contributed by atoms with van der Waals surface area (Å²) in [7, 11) is 3.14. The van der Waals surface area contributed by atoms with Gasteiger partial charge >= 0.3 is 5.69 Å². The smallest absolute Gasteiger partial charge is 0.330 e. The highest BCUT2D eigenvalue weighted by molar-refractivity contribution is 5.93. The second-order valence-corrected chi connectivity index (χ2v) is 5.96. The number of nitrogens with zero attached hydrogens (tertiary/aromatic N) is 3. The number of aliphatic hydroxyl groups excluding tert-OH is 1. The zero-order valence-corrected chi connectivity index (χ0v) is 14.1. The van der Waals surface area contributed by atoms with Crippen molar-refractivity contribution in [3.8, 4) is 11.3 Å². The molecular weight excluding hydrogens is 306 g/mol. The van der Waals surface area contributed by atoms with E-state index in [1.54, 1.807) is 13.2 Å². The van der Waals surface area contributed by atoms with Crippen LogP contribution >= 0.6 is 0 Å². The van der Waals surface area contributed by atoms with Crippen molar-refractivity contribution in [2.45, 2.75) is 19.4 Å². The topological polar surface area (TPSA) is 69.2 Å². The molecule has 0 aliphatic rings. The van der Waals surface area contributed by atoms with E-state index in [1.807, 2.05) is 41.8 Å². The lowest BCUT2D eigenvalue weighted by Crippen LogP contribution is -2.36. The molecule has 0 amide bonds. The Morgan fingerprint density at radius 3 is 2.33 bits per heavy atom. The molecule has 1 atom stereocenters. The van der Waals surface area contributed by atoms with E-state index in [0.29, 0.717) is 17.3 Å². The molecule has 0 bridgehead atoms. The molecule has 0 saturated heterocycles. The van der Waals surface area contributed by atoms with Crippen LogP contribution in [0.25, 0.3) is 22.2 Å². The highest BCUT2D eigenvalue weighted by Gasteiger charge is 2.22. The minimum atomic E-state index is -0.360. The molecule has 126 valence electrons. The largest absolute Gasteiger partial charge is 0.394 e. The van der Waals surface area contributed by atoms with Crippen LogP contribution in [0.1, 0.15) is 19.4 Å². The van der Waals surface area contributed by atoms with Gasteiger partial charge in [0.1, 0.15) is 0 Å². The number of rotatable bonds is 4. The molecular formula is C18H21N3O3. The van der Waals surface area contributed by atoms with Crippen molar-refractivity contribution in [1.29, 1.82) is 0 Å². The summed E-state index contributed by atoms with van der Waals surface area (Å²) in [6, 6.07) is 9.43. The highest BCUT2D eigenvalue weighted by Crippen LogP contribution is 2.31. The number of aromatic nitrogens is 3. The summed E-state index contributed by atoms with van der Waals surface area (Å²) in [6.07, 6.45) is 2.51. The molecule has 1 N–H and O–H groups in total. The predicted octanol–water partition coefficient (Wildman–Crippen LogP) is 1.65. The Labute approximate surface area is 139 Å². The van der Waals surface area contributed by atoms with Gasteiger partial charge in [-0.15, -0.1) is 0 Å². The number of aliphatic hydroxyl groups is 1. The number of benzene rings is 1. The van der Waals surface area contributed by atoms with Gasteiger partial charge in [-0.25, -0.2) is 4.79 Å². The van der Waals surface area contributed by atoms with Crippen LogP contribution in [0, 0.1) is 0 Å². The molecule has 2 heterocycles. The minimum absolute atomic E-state index is 0.0361. The van der Waals surface area contributed by atoms with E-state index >= 15 is 0 Å². The fourth-order valence-electron chi connectivity index (χ4n) is 3.15. The van der Waals surface area contributed by atoms with Crippen molar-refractivity contribution in [3.05, 3.63) is 57.4 Å². The summed E-state index contributed by atoms with van der Waals surface area (Å²) < 4.78 is 4.52. The molecule has 0 aliphatic heterocycles. The van der Waals surface area contributed by atoms with Crippen LogP contribution in [0.3, 0.4) is 0 Å². The third-order valence-corrected chi connectivity index (χ3v) is 4.59. The molecule has 0 saturated carbocycles. The van der Waals surface area contributed by atoms with Crippen LogP contribution in [-0.4, -0.2) is 25.4 Å². The lowest BCUT2D eigenvalue weighted by atomic mass is 10.1. The Morgan fingerprint density at radius 1 is 1.08 bits per heavy atom. The highest BCUT2D eigenvalue weighted by atomic mass is 16.3. The first-order valence-corrected chi connectivity index (χ1v) is 7.98. The Hall–Kier alpha value is -2.60. The molecule has 6 nitrogen and oxygen atoms in total. The molecule has 0 radical (unpaired) electrons. The van der Waals surface area contributed by atoms with E-state index in [4.69, 9.17) is 0 Å². The third kappa shape index (κ3) is 2.30. The van der Waals surface area contributed by atoms with E-state index < -0.39 is 0 Å². The number of fused-ring (bicyclic) bond motifs is 1. The summed E-state index contributed by atoms with van der Waals surface area (Å²) in [5.74, 6) is 0. The molecule has 0 fully saturated rings. The van der Waals surface area contributed by atoms with Gasteiger partial charge in [-0.1, -0.05) is 37.3 Å². The summed E-state index contributed by atoms with van der Waals surface area (Å²) in [6.45, 7) is 1.95. The second kappa shape index (κ2) is 6.13. The number of aryl methyl sites for hydroxylation is 1.